The van der Waals surface area contributed by atoms with Crippen LogP contribution in [0.5, 0.6) is 5.75 Å². The number of thiocarbonyl (C=S) groups is 1. The van der Waals surface area contributed by atoms with E-state index in [0.29, 0.717) is 23.0 Å². The summed E-state index contributed by atoms with van der Waals surface area (Å²) < 4.78 is 9.85. The van der Waals surface area contributed by atoms with Gasteiger partial charge >= 0.3 is 5.97 Å². The van der Waals surface area contributed by atoms with Crippen LogP contribution in [0.3, 0.4) is 0 Å². The Morgan fingerprint density at radius 1 is 1.32 bits per heavy atom. The van der Waals surface area contributed by atoms with Crippen LogP contribution in [0.25, 0.3) is 0 Å². The minimum atomic E-state index is -0.423. The van der Waals surface area contributed by atoms with Crippen molar-refractivity contribution in [3.8, 4) is 5.75 Å². The SMILES string of the molecule is CCNC(=S)NCc1ccc(OC)c(C(=O)OC)c1. The van der Waals surface area contributed by atoms with Crippen LogP contribution in [0.2, 0.25) is 0 Å². The molecule has 0 aliphatic carbocycles. The molecule has 1 aromatic rings. The van der Waals surface area contributed by atoms with Crippen LogP contribution in [-0.4, -0.2) is 31.8 Å². The molecule has 0 aliphatic rings. The van der Waals surface area contributed by atoms with E-state index in [2.05, 4.69) is 10.6 Å². The topological polar surface area (TPSA) is 59.6 Å². The first kappa shape index (κ1) is 15.2. The molecule has 104 valence electrons. The third-order valence-corrected chi connectivity index (χ3v) is 2.75. The van der Waals surface area contributed by atoms with E-state index < -0.39 is 5.97 Å². The second kappa shape index (κ2) is 7.58. The molecule has 1 aromatic carbocycles. The number of benzene rings is 1. The zero-order valence-corrected chi connectivity index (χ0v) is 12.1. The lowest BCUT2D eigenvalue weighted by molar-refractivity contribution is 0.0597. The molecule has 0 spiro atoms. The van der Waals surface area contributed by atoms with Gasteiger partial charge in [-0.3, -0.25) is 0 Å². The first-order valence-corrected chi connectivity index (χ1v) is 6.30. The van der Waals surface area contributed by atoms with Crippen LogP contribution in [0.15, 0.2) is 18.2 Å². The molecule has 6 heteroatoms. The molecule has 0 radical (unpaired) electrons. The van der Waals surface area contributed by atoms with Gasteiger partial charge in [-0.1, -0.05) is 6.07 Å². The third-order valence-electron chi connectivity index (χ3n) is 2.46. The lowest BCUT2D eigenvalue weighted by Crippen LogP contribution is -2.34. The van der Waals surface area contributed by atoms with Crippen LogP contribution in [0, 0.1) is 0 Å². The van der Waals surface area contributed by atoms with Crippen LogP contribution in [0.4, 0.5) is 0 Å². The first-order chi connectivity index (χ1) is 9.12. The van der Waals surface area contributed by atoms with Crippen molar-refractivity contribution in [3.05, 3.63) is 29.3 Å². The first-order valence-electron chi connectivity index (χ1n) is 5.89. The lowest BCUT2D eigenvalue weighted by atomic mass is 10.1. The van der Waals surface area contributed by atoms with Crippen LogP contribution in [-0.2, 0) is 11.3 Å². The third kappa shape index (κ3) is 4.40. The summed E-state index contributed by atoms with van der Waals surface area (Å²) in [6.07, 6.45) is 0. The van der Waals surface area contributed by atoms with E-state index in [1.54, 1.807) is 12.1 Å². The number of hydrogen-bond acceptors (Lipinski definition) is 4. The molecule has 0 unspecified atom stereocenters. The Kier molecular flexibility index (Phi) is 6.08. The maximum atomic E-state index is 11.6. The molecule has 0 amide bonds. The Balaban J connectivity index is 2.80. The monoisotopic (exact) mass is 282 g/mol. The summed E-state index contributed by atoms with van der Waals surface area (Å²) in [5.74, 6) is 0.0674. The zero-order valence-electron chi connectivity index (χ0n) is 11.3. The van der Waals surface area contributed by atoms with Gasteiger partial charge in [0.15, 0.2) is 5.11 Å². The normalized spacial score (nSPS) is 9.63. The van der Waals surface area contributed by atoms with E-state index in [1.165, 1.54) is 14.2 Å². The molecule has 0 aliphatic heterocycles. The van der Waals surface area contributed by atoms with E-state index >= 15 is 0 Å². The highest BCUT2D eigenvalue weighted by Crippen LogP contribution is 2.20. The fourth-order valence-electron chi connectivity index (χ4n) is 1.54. The number of hydrogen-bond donors (Lipinski definition) is 2. The summed E-state index contributed by atoms with van der Waals surface area (Å²) in [4.78, 5) is 11.6. The minimum Gasteiger partial charge on any atom is -0.496 e. The molecule has 0 bridgehead atoms. The molecular weight excluding hydrogens is 264 g/mol. The Morgan fingerprint density at radius 2 is 2.05 bits per heavy atom. The molecule has 1 rings (SSSR count). The second-order valence-corrected chi connectivity index (χ2v) is 4.15. The Labute approximate surface area is 118 Å². The summed E-state index contributed by atoms with van der Waals surface area (Å²) in [5.41, 5.74) is 1.32. The number of nitrogens with one attached hydrogen (secondary N) is 2. The van der Waals surface area contributed by atoms with Crippen molar-refractivity contribution >= 4 is 23.3 Å². The fourth-order valence-corrected chi connectivity index (χ4v) is 1.76. The van der Waals surface area contributed by atoms with Crippen LogP contribution >= 0.6 is 12.2 Å². The highest BCUT2D eigenvalue weighted by atomic mass is 32.1. The number of carbonyl (C=O) groups is 1. The fraction of sp³-hybridized carbons (Fsp3) is 0.385. The summed E-state index contributed by atoms with van der Waals surface area (Å²) in [6.45, 7) is 3.26. The summed E-state index contributed by atoms with van der Waals surface area (Å²) >= 11 is 5.07. The number of carbonyl (C=O) groups excluding carboxylic acids is 1. The minimum absolute atomic E-state index is 0.402. The Bertz CT molecular complexity index is 463. The molecule has 5 nitrogen and oxygen atoms in total. The predicted molar refractivity (Wildman–Crippen MR) is 77.4 cm³/mol. The molecule has 0 saturated heterocycles. The van der Waals surface area contributed by atoms with Gasteiger partial charge in [0.1, 0.15) is 11.3 Å². The Morgan fingerprint density at radius 3 is 2.63 bits per heavy atom. The molecule has 0 saturated carbocycles. The van der Waals surface area contributed by atoms with Crippen molar-refractivity contribution in [2.24, 2.45) is 0 Å². The van der Waals surface area contributed by atoms with Gasteiger partial charge in [-0.15, -0.1) is 0 Å². The standard InChI is InChI=1S/C13H18N2O3S/c1-4-14-13(19)15-8-9-5-6-11(17-2)10(7-9)12(16)18-3/h5-7H,4,8H2,1-3H3,(H2,14,15,19). The van der Waals surface area contributed by atoms with Gasteiger partial charge in [0, 0.05) is 13.1 Å². The summed E-state index contributed by atoms with van der Waals surface area (Å²) in [6, 6.07) is 5.33. The number of esters is 1. The van der Waals surface area contributed by atoms with Crippen molar-refractivity contribution in [2.75, 3.05) is 20.8 Å². The molecule has 0 fully saturated rings. The van der Waals surface area contributed by atoms with E-state index in [0.717, 1.165) is 12.1 Å². The Hall–Kier alpha value is -1.82. The summed E-state index contributed by atoms with van der Waals surface area (Å²) in [5, 5.41) is 6.62. The molecule has 0 heterocycles. The van der Waals surface area contributed by atoms with Gasteiger partial charge in [-0.05, 0) is 36.8 Å². The molecule has 19 heavy (non-hydrogen) atoms. The van der Waals surface area contributed by atoms with Crippen LogP contribution in [0.1, 0.15) is 22.8 Å². The molecule has 0 atom stereocenters. The highest BCUT2D eigenvalue weighted by molar-refractivity contribution is 7.80. The maximum Gasteiger partial charge on any atom is 0.341 e. The van der Waals surface area contributed by atoms with Crippen LogP contribution < -0.4 is 15.4 Å². The average Bonchev–Trinajstić information content (AvgIpc) is 2.44. The maximum absolute atomic E-state index is 11.6. The highest BCUT2D eigenvalue weighted by Gasteiger charge is 2.13. The van der Waals surface area contributed by atoms with Gasteiger partial charge in [-0.25, -0.2) is 4.79 Å². The van der Waals surface area contributed by atoms with Crippen molar-refractivity contribution in [1.82, 2.24) is 10.6 Å². The smallest absolute Gasteiger partial charge is 0.341 e. The zero-order chi connectivity index (χ0) is 14.3. The van der Waals surface area contributed by atoms with E-state index in [4.69, 9.17) is 21.7 Å². The molecule has 0 aromatic heterocycles. The van der Waals surface area contributed by atoms with Gasteiger partial charge in [0.05, 0.1) is 14.2 Å². The van der Waals surface area contributed by atoms with E-state index in [-0.39, 0.29) is 0 Å². The van der Waals surface area contributed by atoms with Gasteiger partial charge < -0.3 is 20.1 Å². The van der Waals surface area contributed by atoms with E-state index in [1.807, 2.05) is 13.0 Å². The lowest BCUT2D eigenvalue weighted by Gasteiger charge is -2.11. The van der Waals surface area contributed by atoms with Gasteiger partial charge in [-0.2, -0.15) is 0 Å². The van der Waals surface area contributed by atoms with Gasteiger partial charge in [0.2, 0.25) is 0 Å². The average molecular weight is 282 g/mol. The summed E-state index contributed by atoms with van der Waals surface area (Å²) in [7, 11) is 2.85. The van der Waals surface area contributed by atoms with Crippen molar-refractivity contribution in [1.29, 1.82) is 0 Å². The number of methoxy groups -OCH3 is 2. The van der Waals surface area contributed by atoms with Crippen molar-refractivity contribution < 1.29 is 14.3 Å². The number of rotatable bonds is 5. The second-order valence-electron chi connectivity index (χ2n) is 3.74. The predicted octanol–water partition coefficient (Wildman–Crippen LogP) is 1.47. The largest absolute Gasteiger partial charge is 0.496 e. The van der Waals surface area contributed by atoms with Gasteiger partial charge in [0.25, 0.3) is 0 Å². The van der Waals surface area contributed by atoms with E-state index in [9.17, 15) is 4.79 Å². The quantitative estimate of drug-likeness (QED) is 0.630. The molecule has 2 N–H and O–H groups in total. The van der Waals surface area contributed by atoms with Crippen molar-refractivity contribution in [3.63, 3.8) is 0 Å². The van der Waals surface area contributed by atoms with Crippen molar-refractivity contribution in [2.45, 2.75) is 13.5 Å². The number of ether oxygens (including phenoxy) is 2. The molecular formula is C13H18N2O3S.